The summed E-state index contributed by atoms with van der Waals surface area (Å²) in [6.45, 7) is 5.04. The zero-order chi connectivity index (χ0) is 24.8. The fourth-order valence-electron chi connectivity index (χ4n) is 4.12. The van der Waals surface area contributed by atoms with E-state index in [9.17, 15) is 14.7 Å². The predicted octanol–water partition coefficient (Wildman–Crippen LogP) is 4.89. The number of aliphatic hydroxyl groups excluding tert-OH is 1. The first-order chi connectivity index (χ1) is 17.0. The van der Waals surface area contributed by atoms with Crippen LogP contribution in [0.2, 0.25) is 0 Å². The highest BCUT2D eigenvalue weighted by molar-refractivity contribution is 6.46. The highest BCUT2D eigenvalue weighted by Gasteiger charge is 2.46. The lowest BCUT2D eigenvalue weighted by Crippen LogP contribution is -2.29. The first kappa shape index (κ1) is 24.0. The molecule has 2 heterocycles. The molecule has 1 amide bonds. The Morgan fingerprint density at radius 3 is 2.40 bits per heavy atom. The Bertz CT molecular complexity index is 1220. The number of rotatable bonds is 9. The third-order valence-electron chi connectivity index (χ3n) is 5.73. The Hall–Kier alpha value is -4.13. The number of hydrogen-bond acceptors (Lipinski definition) is 6. The predicted molar refractivity (Wildman–Crippen MR) is 132 cm³/mol. The number of carbonyl (C=O) groups excluding carboxylic acids is 2. The highest BCUT2D eigenvalue weighted by atomic mass is 16.5. The normalized spacial score (nSPS) is 17.0. The van der Waals surface area contributed by atoms with E-state index in [2.05, 4.69) is 4.98 Å². The zero-order valence-electron chi connectivity index (χ0n) is 19.8. The number of hydrogen-bond donors (Lipinski definition) is 1. The maximum Gasteiger partial charge on any atom is 0.295 e. The van der Waals surface area contributed by atoms with Gasteiger partial charge in [-0.1, -0.05) is 43.3 Å². The first-order valence-corrected chi connectivity index (χ1v) is 11.7. The number of aromatic nitrogens is 1. The van der Waals surface area contributed by atoms with E-state index in [-0.39, 0.29) is 17.9 Å². The average Bonchev–Trinajstić information content (AvgIpc) is 3.13. The fraction of sp³-hybridized carbons (Fsp3) is 0.250. The summed E-state index contributed by atoms with van der Waals surface area (Å²) in [6.07, 6.45) is 4.12. The molecule has 7 heteroatoms. The van der Waals surface area contributed by atoms with E-state index in [1.165, 1.54) is 4.90 Å². The van der Waals surface area contributed by atoms with Crippen molar-refractivity contribution in [2.75, 3.05) is 13.2 Å². The minimum Gasteiger partial charge on any atom is -0.507 e. The number of aliphatic hydroxyl groups is 1. The quantitative estimate of drug-likeness (QED) is 0.271. The third kappa shape index (κ3) is 5.04. The average molecular weight is 473 g/mol. The van der Waals surface area contributed by atoms with Crippen LogP contribution in [-0.2, 0) is 16.1 Å². The summed E-state index contributed by atoms with van der Waals surface area (Å²) in [5.74, 6) is -0.502. The van der Waals surface area contributed by atoms with Crippen molar-refractivity contribution in [2.24, 2.45) is 0 Å². The van der Waals surface area contributed by atoms with Gasteiger partial charge in [0.15, 0.2) is 11.5 Å². The van der Waals surface area contributed by atoms with Gasteiger partial charge in [-0.3, -0.25) is 14.6 Å². The number of ketones is 1. The number of nitrogens with zero attached hydrogens (tertiary/aromatic N) is 2. The Morgan fingerprint density at radius 1 is 0.971 bits per heavy atom. The molecule has 1 aromatic heterocycles. The van der Waals surface area contributed by atoms with Crippen molar-refractivity contribution >= 4 is 17.4 Å². The van der Waals surface area contributed by atoms with E-state index in [0.29, 0.717) is 35.8 Å². The van der Waals surface area contributed by atoms with Crippen molar-refractivity contribution in [1.82, 2.24) is 9.88 Å². The molecule has 0 radical (unpaired) electrons. The van der Waals surface area contributed by atoms with Gasteiger partial charge in [-0.2, -0.15) is 0 Å². The Balaban J connectivity index is 1.85. The summed E-state index contributed by atoms with van der Waals surface area (Å²) in [5, 5.41) is 11.2. The molecule has 2 aromatic carbocycles. The van der Waals surface area contributed by atoms with Gasteiger partial charge in [-0.25, -0.2) is 0 Å². The van der Waals surface area contributed by atoms with Gasteiger partial charge < -0.3 is 19.5 Å². The minimum atomic E-state index is -0.803. The van der Waals surface area contributed by atoms with Crippen molar-refractivity contribution in [3.63, 3.8) is 0 Å². The van der Waals surface area contributed by atoms with Gasteiger partial charge in [0.1, 0.15) is 5.76 Å². The molecule has 1 atom stereocenters. The van der Waals surface area contributed by atoms with E-state index in [4.69, 9.17) is 9.47 Å². The van der Waals surface area contributed by atoms with E-state index in [0.717, 1.165) is 12.0 Å². The molecule has 3 aromatic rings. The Kier molecular flexibility index (Phi) is 7.45. The van der Waals surface area contributed by atoms with Crippen molar-refractivity contribution in [1.29, 1.82) is 0 Å². The van der Waals surface area contributed by atoms with Crippen LogP contribution in [0.3, 0.4) is 0 Å². The molecule has 0 bridgehead atoms. The van der Waals surface area contributed by atoms with Crippen LogP contribution < -0.4 is 9.47 Å². The number of amides is 1. The van der Waals surface area contributed by atoms with E-state index >= 15 is 0 Å². The lowest BCUT2D eigenvalue weighted by Gasteiger charge is -2.26. The Labute approximate surface area is 204 Å². The van der Waals surface area contributed by atoms with Gasteiger partial charge in [0.25, 0.3) is 11.7 Å². The Morgan fingerprint density at radius 2 is 1.71 bits per heavy atom. The fourth-order valence-corrected chi connectivity index (χ4v) is 4.12. The van der Waals surface area contributed by atoms with Crippen molar-refractivity contribution in [2.45, 2.75) is 32.9 Å². The summed E-state index contributed by atoms with van der Waals surface area (Å²) in [7, 11) is 0. The standard InChI is InChI=1S/C28H28N2O5/c1-3-16-35-22-11-10-21(17-23(22)34-4-2)25-24(26(31)20-8-6-5-7-9-20)27(32)28(33)30(25)18-19-12-14-29-15-13-19/h5-15,17,25,31H,3-4,16,18H2,1-2H3. The molecule has 1 N–H and O–H groups in total. The number of carbonyl (C=O) groups is 2. The minimum absolute atomic E-state index is 0.0416. The molecule has 1 unspecified atom stereocenters. The van der Waals surface area contributed by atoms with Crippen LogP contribution in [0.25, 0.3) is 5.76 Å². The van der Waals surface area contributed by atoms with Gasteiger partial charge in [-0.15, -0.1) is 0 Å². The smallest absolute Gasteiger partial charge is 0.295 e. The lowest BCUT2D eigenvalue weighted by molar-refractivity contribution is -0.140. The second-order valence-electron chi connectivity index (χ2n) is 8.14. The molecule has 1 fully saturated rings. The molecule has 1 aliphatic rings. The maximum atomic E-state index is 13.2. The van der Waals surface area contributed by atoms with Crippen LogP contribution in [0.1, 0.15) is 43.0 Å². The molecular formula is C28H28N2O5. The summed E-state index contributed by atoms with van der Waals surface area (Å²) in [6, 6.07) is 16.9. The van der Waals surface area contributed by atoms with Crippen molar-refractivity contribution in [3.05, 3.63) is 95.3 Å². The topological polar surface area (TPSA) is 89.0 Å². The summed E-state index contributed by atoms with van der Waals surface area (Å²) in [4.78, 5) is 32.0. The molecule has 1 saturated heterocycles. The van der Waals surface area contributed by atoms with Gasteiger partial charge in [0.05, 0.1) is 24.8 Å². The molecular weight excluding hydrogens is 444 g/mol. The molecule has 1 aliphatic heterocycles. The highest BCUT2D eigenvalue weighted by Crippen LogP contribution is 2.42. The molecule has 0 aliphatic carbocycles. The van der Waals surface area contributed by atoms with Crippen LogP contribution in [0.4, 0.5) is 0 Å². The monoisotopic (exact) mass is 472 g/mol. The zero-order valence-corrected chi connectivity index (χ0v) is 19.8. The van der Waals surface area contributed by atoms with Crippen LogP contribution in [0.5, 0.6) is 11.5 Å². The van der Waals surface area contributed by atoms with Crippen LogP contribution in [0, 0.1) is 0 Å². The van der Waals surface area contributed by atoms with Crippen LogP contribution in [0.15, 0.2) is 78.6 Å². The molecule has 180 valence electrons. The summed E-state index contributed by atoms with van der Waals surface area (Å²) in [5.41, 5.74) is 1.97. The van der Waals surface area contributed by atoms with Crippen LogP contribution in [-0.4, -0.2) is 39.9 Å². The number of ether oxygens (including phenoxy) is 2. The molecule has 4 rings (SSSR count). The van der Waals surface area contributed by atoms with Crippen LogP contribution >= 0.6 is 0 Å². The van der Waals surface area contributed by atoms with Gasteiger partial charge in [0.2, 0.25) is 0 Å². The molecule has 7 nitrogen and oxygen atoms in total. The van der Waals surface area contributed by atoms with Gasteiger partial charge >= 0.3 is 0 Å². The second kappa shape index (κ2) is 10.9. The lowest BCUT2D eigenvalue weighted by atomic mass is 9.95. The molecule has 0 spiro atoms. The summed E-state index contributed by atoms with van der Waals surface area (Å²) < 4.78 is 11.6. The molecule has 35 heavy (non-hydrogen) atoms. The van der Waals surface area contributed by atoms with E-state index < -0.39 is 17.7 Å². The van der Waals surface area contributed by atoms with E-state index in [1.807, 2.05) is 26.0 Å². The SMILES string of the molecule is CCCOc1ccc(C2C(=C(O)c3ccccc3)C(=O)C(=O)N2Cc2ccncc2)cc1OCC. The van der Waals surface area contributed by atoms with E-state index in [1.54, 1.807) is 60.9 Å². The second-order valence-corrected chi connectivity index (χ2v) is 8.14. The largest absolute Gasteiger partial charge is 0.507 e. The number of benzene rings is 2. The number of pyridine rings is 1. The maximum absolute atomic E-state index is 13.2. The summed E-state index contributed by atoms with van der Waals surface area (Å²) >= 11 is 0. The van der Waals surface area contributed by atoms with Crippen molar-refractivity contribution < 1.29 is 24.2 Å². The third-order valence-corrected chi connectivity index (χ3v) is 5.73. The van der Waals surface area contributed by atoms with Gasteiger partial charge in [-0.05, 0) is 48.7 Å². The van der Waals surface area contributed by atoms with Gasteiger partial charge in [0, 0.05) is 24.5 Å². The number of Topliss-reactive ketones (excluding diaryl/α,β-unsaturated/α-hetero) is 1. The van der Waals surface area contributed by atoms with Crippen molar-refractivity contribution in [3.8, 4) is 11.5 Å². The first-order valence-electron chi connectivity index (χ1n) is 11.7. The molecule has 0 saturated carbocycles. The number of likely N-dealkylation sites (tertiary alicyclic amines) is 1.